The summed E-state index contributed by atoms with van der Waals surface area (Å²) in [6.07, 6.45) is 1.21. The van der Waals surface area contributed by atoms with Crippen LogP contribution < -0.4 is 15.0 Å². The maximum absolute atomic E-state index is 15.2. The molecule has 204 valence electrons. The van der Waals surface area contributed by atoms with Gasteiger partial charge in [0.05, 0.1) is 5.52 Å². The molecule has 0 spiro atoms. The highest BCUT2D eigenvalue weighted by Gasteiger charge is 2.25. The van der Waals surface area contributed by atoms with E-state index in [1.54, 1.807) is 21.0 Å². The van der Waals surface area contributed by atoms with Crippen molar-refractivity contribution >= 4 is 34.0 Å². The van der Waals surface area contributed by atoms with Gasteiger partial charge in [-0.1, -0.05) is 6.92 Å². The second-order valence-electron chi connectivity index (χ2n) is 9.71. The van der Waals surface area contributed by atoms with Crippen molar-refractivity contribution in [2.24, 2.45) is 0 Å². The second kappa shape index (κ2) is 10.9. The van der Waals surface area contributed by atoms with Gasteiger partial charge in [-0.25, -0.2) is 18.7 Å². The fraction of sp³-hybridized carbons (Fsp3) is 0.321. The van der Waals surface area contributed by atoms with Crippen molar-refractivity contribution in [3.8, 4) is 11.6 Å². The molecule has 1 saturated heterocycles. The minimum Gasteiger partial charge on any atom is -0.435 e. The molecule has 1 aliphatic heterocycles. The number of piperazine rings is 1. The minimum atomic E-state index is -0.762. The zero-order valence-electron chi connectivity index (χ0n) is 22.4. The van der Waals surface area contributed by atoms with Crippen LogP contribution >= 0.6 is 0 Å². The molecule has 0 unspecified atom stereocenters. The first-order chi connectivity index (χ1) is 18.7. The number of carbonyl (C=O) groups excluding carboxylic acids is 1. The van der Waals surface area contributed by atoms with Crippen molar-refractivity contribution in [3.63, 3.8) is 0 Å². The summed E-state index contributed by atoms with van der Waals surface area (Å²) in [6.45, 7) is 8.89. The number of H-pyrrole nitrogens is 1. The number of ether oxygens (including phenoxy) is 1. The predicted octanol–water partition coefficient (Wildman–Crippen LogP) is 4.92. The summed E-state index contributed by atoms with van der Waals surface area (Å²) in [5.41, 5.74) is 2.45. The molecular weight excluding hydrogens is 504 g/mol. The molecule has 9 nitrogen and oxygen atoms in total. The van der Waals surface area contributed by atoms with Crippen LogP contribution in [0.3, 0.4) is 0 Å². The lowest BCUT2D eigenvalue weighted by atomic mass is 10.2. The summed E-state index contributed by atoms with van der Waals surface area (Å²) >= 11 is 0. The fourth-order valence-electron chi connectivity index (χ4n) is 4.69. The molecule has 3 heterocycles. The number of nitrogens with one attached hydrogen (secondary N) is 2. The van der Waals surface area contributed by atoms with E-state index in [9.17, 15) is 9.18 Å². The Kier molecular flexibility index (Phi) is 7.34. The Morgan fingerprint density at radius 2 is 1.82 bits per heavy atom. The Morgan fingerprint density at radius 1 is 1.10 bits per heavy atom. The molecule has 0 saturated carbocycles. The zero-order valence-corrected chi connectivity index (χ0v) is 22.4. The fourth-order valence-corrected chi connectivity index (χ4v) is 4.69. The number of likely N-dealkylation sites (N-methyl/N-ethyl adjacent to an activating group) is 1. The third-order valence-electron chi connectivity index (χ3n) is 6.86. The number of halogens is 2. The van der Waals surface area contributed by atoms with Crippen LogP contribution in [-0.2, 0) is 0 Å². The molecule has 5 rings (SSSR count). The van der Waals surface area contributed by atoms with Gasteiger partial charge in [-0.05, 0) is 43.8 Å². The highest BCUT2D eigenvalue weighted by atomic mass is 19.1. The van der Waals surface area contributed by atoms with Crippen LogP contribution in [0.2, 0.25) is 0 Å². The van der Waals surface area contributed by atoms with Crippen molar-refractivity contribution in [2.75, 3.05) is 57.0 Å². The van der Waals surface area contributed by atoms with Gasteiger partial charge in [-0.2, -0.15) is 0 Å². The highest BCUT2D eigenvalue weighted by molar-refractivity contribution is 6.01. The van der Waals surface area contributed by atoms with Gasteiger partial charge in [0.2, 0.25) is 5.88 Å². The summed E-state index contributed by atoms with van der Waals surface area (Å²) in [5.74, 6) is -2.30. The van der Waals surface area contributed by atoms with Crippen molar-refractivity contribution in [3.05, 3.63) is 65.6 Å². The largest absolute Gasteiger partial charge is 0.435 e. The van der Waals surface area contributed by atoms with E-state index in [0.29, 0.717) is 11.4 Å². The van der Waals surface area contributed by atoms with E-state index >= 15 is 4.39 Å². The molecule has 2 aromatic heterocycles. The lowest BCUT2D eigenvalue weighted by Gasteiger charge is -2.35. The van der Waals surface area contributed by atoms with Crippen LogP contribution in [0.1, 0.15) is 23.0 Å². The average Bonchev–Trinajstić information content (AvgIpc) is 3.34. The van der Waals surface area contributed by atoms with Crippen molar-refractivity contribution in [1.29, 1.82) is 0 Å². The zero-order chi connectivity index (χ0) is 27.7. The number of nitrogens with zero attached hydrogens (tertiary/aromatic N) is 5. The predicted molar refractivity (Wildman–Crippen MR) is 147 cm³/mol. The normalized spacial score (nSPS) is 14.1. The number of rotatable bonds is 7. The maximum atomic E-state index is 15.2. The Bertz CT molecular complexity index is 1500. The topological polar surface area (TPSA) is 89.6 Å². The van der Waals surface area contributed by atoms with Gasteiger partial charge in [-0.3, -0.25) is 4.79 Å². The molecule has 0 aliphatic carbocycles. The first-order valence-corrected chi connectivity index (χ1v) is 12.8. The maximum Gasteiger partial charge on any atom is 0.262 e. The Hall–Kier alpha value is -4.25. The van der Waals surface area contributed by atoms with Gasteiger partial charge in [0, 0.05) is 68.8 Å². The summed E-state index contributed by atoms with van der Waals surface area (Å²) in [7, 11) is 3.15. The number of fused-ring (bicyclic) bond motifs is 1. The number of aromatic amines is 1. The van der Waals surface area contributed by atoms with E-state index in [0.717, 1.165) is 44.5 Å². The van der Waals surface area contributed by atoms with Crippen LogP contribution in [0.25, 0.3) is 10.9 Å². The SMILES string of the molecule is CCN1CCN(c2ccc(Nc3ncnc(Oc4cc(F)c5[nH]c(C)cc5c4F)c3C(=O)N(C)C)cc2)CC1. The Balaban J connectivity index is 1.44. The highest BCUT2D eigenvalue weighted by Crippen LogP contribution is 2.35. The van der Waals surface area contributed by atoms with Crippen LogP contribution in [0, 0.1) is 18.6 Å². The molecule has 1 aliphatic rings. The van der Waals surface area contributed by atoms with Gasteiger partial charge >= 0.3 is 0 Å². The lowest BCUT2D eigenvalue weighted by Crippen LogP contribution is -2.46. The number of aromatic nitrogens is 3. The number of amides is 1. The minimum absolute atomic E-state index is 0.00702. The van der Waals surface area contributed by atoms with Gasteiger partial charge in [-0.15, -0.1) is 0 Å². The number of anilines is 3. The second-order valence-corrected chi connectivity index (χ2v) is 9.71. The molecule has 4 aromatic rings. The molecule has 11 heteroatoms. The number of aryl methyl sites for hydroxylation is 1. The molecular formula is C28H31F2N7O2. The van der Waals surface area contributed by atoms with E-state index in [4.69, 9.17) is 4.74 Å². The smallest absolute Gasteiger partial charge is 0.262 e. The standard InChI is InChI=1S/C28H31F2N7O2/c1-5-36-10-12-37(13-11-36)19-8-6-18(7-9-19)34-26-23(28(38)35(3)4)27(32-16-31-26)39-22-15-21(29)25-20(24(22)30)14-17(2)33-25/h6-9,14-16,33H,5,10-13H2,1-4H3,(H,31,32,34). The lowest BCUT2D eigenvalue weighted by molar-refractivity contribution is 0.0825. The van der Waals surface area contributed by atoms with E-state index in [-0.39, 0.29) is 33.9 Å². The van der Waals surface area contributed by atoms with Gasteiger partial charge in [0.15, 0.2) is 23.2 Å². The van der Waals surface area contributed by atoms with Gasteiger partial charge < -0.3 is 29.7 Å². The van der Waals surface area contributed by atoms with Crippen molar-refractivity contribution < 1.29 is 18.3 Å². The Labute approximate surface area is 225 Å². The van der Waals surface area contributed by atoms with Crippen LogP contribution in [0.5, 0.6) is 11.6 Å². The van der Waals surface area contributed by atoms with E-state index in [1.807, 2.05) is 24.3 Å². The monoisotopic (exact) mass is 535 g/mol. The van der Waals surface area contributed by atoms with Crippen molar-refractivity contribution in [2.45, 2.75) is 13.8 Å². The molecule has 0 bridgehead atoms. The average molecular weight is 536 g/mol. The summed E-state index contributed by atoms with van der Waals surface area (Å²) < 4.78 is 35.7. The first kappa shape index (κ1) is 26.4. The van der Waals surface area contributed by atoms with Crippen molar-refractivity contribution in [1.82, 2.24) is 24.8 Å². The molecule has 1 fully saturated rings. The van der Waals surface area contributed by atoms with Gasteiger partial charge in [0.25, 0.3) is 5.91 Å². The van der Waals surface area contributed by atoms with E-state index in [1.165, 1.54) is 17.3 Å². The van der Waals surface area contributed by atoms with Crippen LogP contribution in [-0.4, -0.2) is 77.5 Å². The number of hydrogen-bond donors (Lipinski definition) is 2. The van der Waals surface area contributed by atoms with Gasteiger partial charge in [0.1, 0.15) is 11.9 Å². The van der Waals surface area contributed by atoms with Crippen LogP contribution in [0.4, 0.5) is 26.0 Å². The number of carbonyl (C=O) groups is 1. The number of benzene rings is 2. The molecule has 2 aromatic carbocycles. The first-order valence-electron chi connectivity index (χ1n) is 12.8. The van der Waals surface area contributed by atoms with Crippen LogP contribution in [0.15, 0.2) is 42.7 Å². The molecule has 0 radical (unpaired) electrons. The Morgan fingerprint density at radius 3 is 2.49 bits per heavy atom. The molecule has 0 atom stereocenters. The van der Waals surface area contributed by atoms with E-state index in [2.05, 4.69) is 37.0 Å². The molecule has 39 heavy (non-hydrogen) atoms. The third kappa shape index (κ3) is 5.35. The summed E-state index contributed by atoms with van der Waals surface area (Å²) in [4.78, 5) is 30.4. The number of hydrogen-bond acceptors (Lipinski definition) is 7. The molecule has 1 amide bonds. The molecule has 2 N–H and O–H groups in total. The quantitative estimate of drug-likeness (QED) is 0.347. The summed E-state index contributed by atoms with van der Waals surface area (Å²) in [5, 5.41) is 3.21. The third-order valence-corrected chi connectivity index (χ3v) is 6.86. The van der Waals surface area contributed by atoms with E-state index < -0.39 is 17.5 Å². The summed E-state index contributed by atoms with van der Waals surface area (Å²) in [6, 6.07) is 10.3.